The van der Waals surface area contributed by atoms with Crippen LogP contribution in [0.2, 0.25) is 0 Å². The highest BCUT2D eigenvalue weighted by Gasteiger charge is 2.38. The average molecular weight is 554 g/mol. The van der Waals surface area contributed by atoms with E-state index in [9.17, 15) is 0 Å². The lowest BCUT2D eigenvalue weighted by Gasteiger charge is -2.27. The maximum atomic E-state index is 2.46. The molecule has 208 valence electrons. The van der Waals surface area contributed by atoms with E-state index in [-0.39, 0.29) is 5.41 Å². The Bertz CT molecular complexity index is 2210. The monoisotopic (exact) mass is 553 g/mol. The summed E-state index contributed by atoms with van der Waals surface area (Å²) >= 11 is 0. The first-order valence-electron chi connectivity index (χ1n) is 15.3. The molecule has 0 fully saturated rings. The van der Waals surface area contributed by atoms with Crippen LogP contribution in [0.3, 0.4) is 0 Å². The van der Waals surface area contributed by atoms with Crippen LogP contribution in [0.4, 0.5) is 17.1 Å². The lowest BCUT2D eigenvalue weighted by Crippen LogP contribution is -2.15. The van der Waals surface area contributed by atoms with Crippen molar-refractivity contribution in [1.29, 1.82) is 0 Å². The summed E-state index contributed by atoms with van der Waals surface area (Å²) in [5.41, 5.74) is 13.0. The number of nitrogens with zero attached hydrogens (tertiary/aromatic N) is 1. The number of benzene rings is 7. The molecule has 0 unspecified atom stereocenters. The lowest BCUT2D eigenvalue weighted by molar-refractivity contribution is 0.667. The summed E-state index contributed by atoms with van der Waals surface area (Å²) in [5.74, 6) is 0. The Morgan fingerprint density at radius 3 is 1.79 bits per heavy atom. The van der Waals surface area contributed by atoms with Gasteiger partial charge in [-0.1, -0.05) is 86.6 Å². The first-order valence-corrected chi connectivity index (χ1v) is 15.3. The molecule has 1 nitrogen and oxygen atoms in total. The van der Waals surface area contributed by atoms with Gasteiger partial charge in [-0.25, -0.2) is 0 Å². The molecule has 7 aromatic rings. The van der Waals surface area contributed by atoms with Crippen molar-refractivity contribution in [2.45, 2.75) is 40.0 Å². The Labute approximate surface area is 254 Å². The molecule has 43 heavy (non-hydrogen) atoms. The second-order valence-corrected chi connectivity index (χ2v) is 12.8. The number of rotatable bonds is 3. The maximum absolute atomic E-state index is 2.46. The van der Waals surface area contributed by atoms with E-state index in [0.717, 1.165) is 5.69 Å². The summed E-state index contributed by atoms with van der Waals surface area (Å²) in [5, 5.41) is 7.92. The third-order valence-corrected chi connectivity index (χ3v) is 9.90. The largest absolute Gasteiger partial charge is 0.310 e. The summed E-state index contributed by atoms with van der Waals surface area (Å²) in [7, 11) is 0. The zero-order valence-corrected chi connectivity index (χ0v) is 25.5. The summed E-state index contributed by atoms with van der Waals surface area (Å²) in [6.45, 7) is 11.5. The topological polar surface area (TPSA) is 3.24 Å². The smallest absolute Gasteiger partial charge is 0.0468 e. The van der Waals surface area contributed by atoms with Gasteiger partial charge in [-0.3, -0.25) is 0 Å². The summed E-state index contributed by atoms with van der Waals surface area (Å²) in [6, 6.07) is 45.1. The molecule has 0 bridgehead atoms. The van der Waals surface area contributed by atoms with Crippen molar-refractivity contribution in [1.82, 2.24) is 0 Å². The Morgan fingerprint density at radius 1 is 0.488 bits per heavy atom. The predicted molar refractivity (Wildman–Crippen MR) is 185 cm³/mol. The zero-order valence-electron chi connectivity index (χ0n) is 25.5. The second-order valence-electron chi connectivity index (χ2n) is 12.8. The third-order valence-electron chi connectivity index (χ3n) is 9.90. The van der Waals surface area contributed by atoms with Gasteiger partial charge in [0.1, 0.15) is 0 Å². The zero-order chi connectivity index (χ0) is 29.5. The molecule has 1 aliphatic carbocycles. The number of aryl methyl sites for hydroxylation is 2. The van der Waals surface area contributed by atoms with Gasteiger partial charge in [-0.15, -0.1) is 0 Å². The van der Waals surface area contributed by atoms with Crippen molar-refractivity contribution in [3.8, 4) is 11.1 Å². The van der Waals surface area contributed by atoms with Crippen LogP contribution in [0.5, 0.6) is 0 Å². The number of fused-ring (bicyclic) bond motifs is 9. The molecule has 0 heterocycles. The van der Waals surface area contributed by atoms with E-state index in [1.165, 1.54) is 82.6 Å². The van der Waals surface area contributed by atoms with Crippen molar-refractivity contribution in [3.63, 3.8) is 0 Å². The molecule has 0 radical (unpaired) electrons. The SMILES string of the molecule is Cc1cc(N(c2ccccc2)c2ccc3cc4c(cc3c2)C(C)(C)c2c-4c3ccccc3c3ccccc23)cc(C)c1C. The van der Waals surface area contributed by atoms with Gasteiger partial charge in [-0.05, 0) is 141 Å². The van der Waals surface area contributed by atoms with Crippen LogP contribution in [0.1, 0.15) is 41.7 Å². The third kappa shape index (κ3) is 3.78. The molecular formula is C42H35N. The van der Waals surface area contributed by atoms with Gasteiger partial charge >= 0.3 is 0 Å². The van der Waals surface area contributed by atoms with E-state index in [0.29, 0.717) is 0 Å². The van der Waals surface area contributed by atoms with Crippen LogP contribution in [0, 0.1) is 20.8 Å². The highest BCUT2D eigenvalue weighted by Crippen LogP contribution is 2.55. The first-order chi connectivity index (χ1) is 20.8. The molecule has 0 amide bonds. The number of hydrogen-bond acceptors (Lipinski definition) is 1. The van der Waals surface area contributed by atoms with Gasteiger partial charge in [0, 0.05) is 22.5 Å². The molecule has 8 rings (SSSR count). The summed E-state index contributed by atoms with van der Waals surface area (Å²) in [4.78, 5) is 2.40. The summed E-state index contributed by atoms with van der Waals surface area (Å²) < 4.78 is 0. The molecule has 1 heteroatoms. The molecule has 0 saturated carbocycles. The van der Waals surface area contributed by atoms with Gasteiger partial charge in [0.15, 0.2) is 0 Å². The quantitative estimate of drug-likeness (QED) is 0.197. The lowest BCUT2D eigenvalue weighted by atomic mass is 9.79. The maximum Gasteiger partial charge on any atom is 0.0468 e. The van der Waals surface area contributed by atoms with Crippen molar-refractivity contribution < 1.29 is 0 Å². The molecule has 0 aliphatic heterocycles. The molecule has 0 spiro atoms. The van der Waals surface area contributed by atoms with E-state index in [2.05, 4.69) is 161 Å². The van der Waals surface area contributed by atoms with Crippen LogP contribution < -0.4 is 4.90 Å². The fourth-order valence-electron chi connectivity index (χ4n) is 7.52. The molecule has 0 N–H and O–H groups in total. The Kier molecular flexibility index (Phi) is 5.59. The molecule has 7 aromatic carbocycles. The van der Waals surface area contributed by atoms with Gasteiger partial charge in [0.05, 0.1) is 0 Å². The minimum absolute atomic E-state index is 0.122. The highest BCUT2D eigenvalue weighted by molar-refractivity contribution is 6.19. The predicted octanol–water partition coefficient (Wildman–Crippen LogP) is 11.8. The molecule has 0 atom stereocenters. The number of anilines is 3. The van der Waals surface area contributed by atoms with E-state index in [1.807, 2.05) is 0 Å². The van der Waals surface area contributed by atoms with Crippen LogP contribution in [-0.4, -0.2) is 0 Å². The van der Waals surface area contributed by atoms with Crippen LogP contribution in [-0.2, 0) is 5.41 Å². The van der Waals surface area contributed by atoms with Gasteiger partial charge in [-0.2, -0.15) is 0 Å². The van der Waals surface area contributed by atoms with Crippen molar-refractivity contribution >= 4 is 49.4 Å². The van der Waals surface area contributed by atoms with E-state index < -0.39 is 0 Å². The van der Waals surface area contributed by atoms with Crippen LogP contribution in [0.15, 0.2) is 121 Å². The Balaban J connectivity index is 1.37. The first kappa shape index (κ1) is 25.8. The minimum Gasteiger partial charge on any atom is -0.310 e. The summed E-state index contributed by atoms with van der Waals surface area (Å²) in [6.07, 6.45) is 0. The normalized spacial score (nSPS) is 13.4. The fourth-order valence-corrected chi connectivity index (χ4v) is 7.52. The molecule has 0 saturated heterocycles. The van der Waals surface area contributed by atoms with Crippen LogP contribution >= 0.6 is 0 Å². The Morgan fingerprint density at radius 2 is 1.09 bits per heavy atom. The van der Waals surface area contributed by atoms with Gasteiger partial charge in [0.25, 0.3) is 0 Å². The van der Waals surface area contributed by atoms with Gasteiger partial charge in [0.2, 0.25) is 0 Å². The standard InChI is InChI=1S/C42H35N/c1-26-21-33(22-27(2)28(26)3)43(31-13-7-6-8-14-31)32-20-19-29-24-38-39(25-30(29)23-32)42(4,5)41-37-18-12-10-16-35(37)34-15-9-11-17-36(34)40(38)41/h6-25H,1-5H3. The molecular weight excluding hydrogens is 518 g/mol. The van der Waals surface area contributed by atoms with E-state index in [1.54, 1.807) is 0 Å². The highest BCUT2D eigenvalue weighted by atomic mass is 15.1. The van der Waals surface area contributed by atoms with Crippen molar-refractivity contribution in [2.24, 2.45) is 0 Å². The second kappa shape index (κ2) is 9.31. The number of hydrogen-bond donors (Lipinski definition) is 0. The number of para-hydroxylation sites is 1. The molecule has 1 aliphatic rings. The van der Waals surface area contributed by atoms with Gasteiger partial charge < -0.3 is 4.90 Å². The minimum atomic E-state index is -0.122. The molecule has 0 aromatic heterocycles. The van der Waals surface area contributed by atoms with Crippen LogP contribution in [0.25, 0.3) is 43.4 Å². The van der Waals surface area contributed by atoms with E-state index >= 15 is 0 Å². The fraction of sp³-hybridized carbons (Fsp3) is 0.143. The van der Waals surface area contributed by atoms with Crippen molar-refractivity contribution in [3.05, 3.63) is 149 Å². The Hall–Kier alpha value is -4.88. The van der Waals surface area contributed by atoms with Crippen molar-refractivity contribution in [2.75, 3.05) is 4.90 Å². The average Bonchev–Trinajstić information content (AvgIpc) is 3.25. The van der Waals surface area contributed by atoms with E-state index in [4.69, 9.17) is 0 Å².